The van der Waals surface area contributed by atoms with Crippen LogP contribution in [0.3, 0.4) is 0 Å². The third-order valence-electron chi connectivity index (χ3n) is 11.7. The van der Waals surface area contributed by atoms with Gasteiger partial charge in [-0.2, -0.15) is 0 Å². The van der Waals surface area contributed by atoms with Crippen LogP contribution in [0.25, 0.3) is 24.3 Å². The zero-order valence-electron chi connectivity index (χ0n) is 35.9. The average Bonchev–Trinajstić information content (AvgIpc) is 3.19. The minimum Gasteiger partial charge on any atom is -0.310 e. The van der Waals surface area contributed by atoms with Gasteiger partial charge >= 0.3 is 0 Å². The second kappa shape index (κ2) is 17.0. The van der Waals surface area contributed by atoms with Crippen LogP contribution in [0.2, 0.25) is 0 Å². The third kappa shape index (κ3) is 8.77. The van der Waals surface area contributed by atoms with Crippen molar-refractivity contribution in [3.63, 3.8) is 0 Å². The smallest absolute Gasteiger partial charge is 0.0467 e. The lowest BCUT2D eigenvalue weighted by Gasteiger charge is -2.27. The molecule has 0 spiro atoms. The lowest BCUT2D eigenvalue weighted by Crippen LogP contribution is -2.11. The summed E-state index contributed by atoms with van der Waals surface area (Å²) in [5.41, 5.74) is 24.6. The Morgan fingerprint density at radius 2 is 0.638 bits per heavy atom. The van der Waals surface area contributed by atoms with Crippen molar-refractivity contribution < 1.29 is 0 Å². The monoisotopic (exact) mass is 756 g/mol. The van der Waals surface area contributed by atoms with Crippen LogP contribution in [0, 0.1) is 69.2 Å². The summed E-state index contributed by atoms with van der Waals surface area (Å²) in [4.78, 5) is 4.76. The first-order chi connectivity index (χ1) is 27.8. The highest BCUT2D eigenvalue weighted by Crippen LogP contribution is 2.39. The SMILES string of the molecule is Cc1cccc(N(c2ccc(C=Cc3cccc(C=Cc4ccc(N(c5cccc(C)c5)c5cc(C)c(C)c(C)c5)cc4C)c3)c(C)c2)c2cc(C)c(C)c(C)c2)c1. The molecule has 0 radical (unpaired) electrons. The Kier molecular flexibility index (Phi) is 11.7. The molecule has 0 atom stereocenters. The number of hydrogen-bond donors (Lipinski definition) is 0. The molecule has 0 aliphatic heterocycles. The maximum atomic E-state index is 2.38. The van der Waals surface area contributed by atoms with E-state index in [0.29, 0.717) is 0 Å². The van der Waals surface area contributed by atoms with Crippen LogP contribution in [0.4, 0.5) is 34.1 Å². The van der Waals surface area contributed by atoms with Crippen LogP contribution in [0.5, 0.6) is 0 Å². The molecule has 0 bridgehead atoms. The molecule has 0 aromatic heterocycles. The van der Waals surface area contributed by atoms with E-state index in [1.807, 2.05) is 0 Å². The third-order valence-corrected chi connectivity index (χ3v) is 11.7. The van der Waals surface area contributed by atoms with Crippen molar-refractivity contribution in [3.8, 4) is 0 Å². The predicted octanol–water partition coefficient (Wildman–Crippen LogP) is 16.1. The van der Waals surface area contributed by atoms with E-state index in [0.717, 1.165) is 22.7 Å². The number of hydrogen-bond acceptors (Lipinski definition) is 2. The first-order valence-electron chi connectivity index (χ1n) is 20.4. The van der Waals surface area contributed by atoms with Gasteiger partial charge in [0.25, 0.3) is 0 Å². The molecule has 7 aromatic carbocycles. The molecule has 0 amide bonds. The van der Waals surface area contributed by atoms with Crippen molar-refractivity contribution in [1.82, 2.24) is 0 Å². The van der Waals surface area contributed by atoms with Gasteiger partial charge in [0.05, 0.1) is 0 Å². The molecular formula is C56H56N2. The summed E-state index contributed by atoms with van der Waals surface area (Å²) in [5.74, 6) is 0. The normalized spacial score (nSPS) is 11.5. The van der Waals surface area contributed by atoms with Crippen LogP contribution in [-0.2, 0) is 0 Å². The van der Waals surface area contributed by atoms with Gasteiger partial charge in [-0.25, -0.2) is 0 Å². The van der Waals surface area contributed by atoms with E-state index >= 15 is 0 Å². The van der Waals surface area contributed by atoms with E-state index in [9.17, 15) is 0 Å². The first-order valence-corrected chi connectivity index (χ1v) is 20.4. The Morgan fingerprint density at radius 3 is 1.00 bits per heavy atom. The number of benzene rings is 7. The van der Waals surface area contributed by atoms with Crippen molar-refractivity contribution in [3.05, 3.63) is 211 Å². The number of rotatable bonds is 10. The Labute approximate surface area is 347 Å². The average molecular weight is 757 g/mol. The van der Waals surface area contributed by atoms with Gasteiger partial charge in [0.1, 0.15) is 0 Å². The summed E-state index contributed by atoms with van der Waals surface area (Å²) in [6, 6.07) is 49.1. The second-order valence-electron chi connectivity index (χ2n) is 16.2. The molecule has 0 fully saturated rings. The van der Waals surface area contributed by atoms with E-state index in [2.05, 4.69) is 237 Å². The topological polar surface area (TPSA) is 6.48 Å². The molecule has 0 aliphatic rings. The van der Waals surface area contributed by atoms with Crippen LogP contribution >= 0.6 is 0 Å². The fourth-order valence-electron chi connectivity index (χ4n) is 7.82. The van der Waals surface area contributed by atoms with Crippen LogP contribution in [-0.4, -0.2) is 0 Å². The first kappa shape index (κ1) is 39.8. The van der Waals surface area contributed by atoms with Crippen molar-refractivity contribution in [2.24, 2.45) is 0 Å². The number of nitrogens with zero attached hydrogens (tertiary/aromatic N) is 2. The van der Waals surface area contributed by atoms with Gasteiger partial charge in [-0.3, -0.25) is 0 Å². The van der Waals surface area contributed by atoms with Crippen LogP contribution in [0.15, 0.2) is 133 Å². The Morgan fingerprint density at radius 1 is 0.293 bits per heavy atom. The largest absolute Gasteiger partial charge is 0.310 e. The maximum absolute atomic E-state index is 2.38. The maximum Gasteiger partial charge on any atom is 0.0467 e. The molecule has 2 heteroatoms. The van der Waals surface area contributed by atoms with Gasteiger partial charge in [-0.05, 0) is 226 Å². The highest BCUT2D eigenvalue weighted by Gasteiger charge is 2.17. The van der Waals surface area contributed by atoms with Gasteiger partial charge in [-0.1, -0.05) is 78.9 Å². The minimum atomic E-state index is 1.15. The van der Waals surface area contributed by atoms with E-state index in [1.165, 1.54) is 89.3 Å². The van der Waals surface area contributed by atoms with Crippen molar-refractivity contribution in [1.29, 1.82) is 0 Å². The second-order valence-corrected chi connectivity index (χ2v) is 16.2. The van der Waals surface area contributed by atoms with Gasteiger partial charge in [-0.15, -0.1) is 0 Å². The minimum absolute atomic E-state index is 1.15. The summed E-state index contributed by atoms with van der Waals surface area (Å²) >= 11 is 0. The Balaban J connectivity index is 1.12. The lowest BCUT2D eigenvalue weighted by atomic mass is 10.0. The highest BCUT2D eigenvalue weighted by molar-refractivity contribution is 5.82. The number of anilines is 6. The molecule has 0 N–H and O–H groups in total. The molecule has 0 saturated heterocycles. The van der Waals surface area contributed by atoms with Crippen molar-refractivity contribution in [2.75, 3.05) is 9.80 Å². The van der Waals surface area contributed by atoms with E-state index < -0.39 is 0 Å². The highest BCUT2D eigenvalue weighted by atomic mass is 15.1. The van der Waals surface area contributed by atoms with Crippen LogP contribution < -0.4 is 9.80 Å². The molecule has 7 rings (SSSR count). The van der Waals surface area contributed by atoms with Crippen molar-refractivity contribution in [2.45, 2.75) is 69.2 Å². The molecule has 0 unspecified atom stereocenters. The van der Waals surface area contributed by atoms with E-state index in [1.54, 1.807) is 0 Å². The number of aryl methyl sites for hydroxylation is 8. The van der Waals surface area contributed by atoms with E-state index in [-0.39, 0.29) is 0 Å². The summed E-state index contributed by atoms with van der Waals surface area (Å²) in [6.07, 6.45) is 8.91. The fraction of sp³-hybridized carbons (Fsp3) is 0.179. The van der Waals surface area contributed by atoms with Crippen LogP contribution in [0.1, 0.15) is 77.9 Å². The Bertz CT molecular complexity index is 2460. The van der Waals surface area contributed by atoms with Gasteiger partial charge in [0, 0.05) is 34.1 Å². The standard InChI is InChI=1S/C56H56N2/c1-37-14-11-18-51(28-37)57(55-30-39(3)45(9)40(4)31-55)53-26-24-49(43(7)34-53)22-20-47-16-13-17-48(36-47)21-23-50-25-27-54(35-44(50)8)58(52-19-12-15-38(2)29-52)56-32-41(5)46(10)42(6)33-56/h11-36H,1-10H3. The molecule has 0 saturated carbocycles. The molecule has 7 aromatic rings. The molecule has 0 heterocycles. The molecule has 2 nitrogen and oxygen atoms in total. The van der Waals surface area contributed by atoms with Crippen molar-refractivity contribution >= 4 is 58.4 Å². The lowest BCUT2D eigenvalue weighted by molar-refractivity contribution is 1.21. The summed E-state index contributed by atoms with van der Waals surface area (Å²) in [6.45, 7) is 22.0. The van der Waals surface area contributed by atoms with E-state index in [4.69, 9.17) is 0 Å². The molecular weight excluding hydrogens is 701 g/mol. The fourth-order valence-corrected chi connectivity index (χ4v) is 7.82. The summed E-state index contributed by atoms with van der Waals surface area (Å²) < 4.78 is 0. The predicted molar refractivity (Wildman–Crippen MR) is 254 cm³/mol. The molecule has 58 heavy (non-hydrogen) atoms. The quantitative estimate of drug-likeness (QED) is 0.128. The molecule has 290 valence electrons. The Hall–Kier alpha value is -6.38. The van der Waals surface area contributed by atoms with Gasteiger partial charge < -0.3 is 9.80 Å². The zero-order chi connectivity index (χ0) is 41.1. The summed E-state index contributed by atoms with van der Waals surface area (Å²) in [5, 5.41) is 0. The van der Waals surface area contributed by atoms with Gasteiger partial charge in [0.2, 0.25) is 0 Å². The van der Waals surface area contributed by atoms with Gasteiger partial charge in [0.15, 0.2) is 0 Å². The molecule has 0 aliphatic carbocycles. The summed E-state index contributed by atoms with van der Waals surface area (Å²) in [7, 11) is 0. The zero-order valence-corrected chi connectivity index (χ0v) is 35.9.